The minimum absolute atomic E-state index is 0.205. The van der Waals surface area contributed by atoms with Gasteiger partial charge in [-0.25, -0.2) is 9.97 Å². The lowest BCUT2D eigenvalue weighted by Gasteiger charge is -2.31. The zero-order chi connectivity index (χ0) is 9.26. The number of hydrogen-bond acceptors (Lipinski definition) is 4. The molecule has 0 aromatic carbocycles. The van der Waals surface area contributed by atoms with Crippen LogP contribution in [-0.2, 0) is 0 Å². The molecular weight excluding hydrogens is 234 g/mol. The Bertz CT molecular complexity index is 284. The molecule has 1 aliphatic carbocycles. The molecule has 1 aliphatic rings. The zero-order valence-electron chi connectivity index (χ0n) is 6.98. The second kappa shape index (κ2) is 3.59. The van der Waals surface area contributed by atoms with Gasteiger partial charge >= 0.3 is 6.01 Å². The van der Waals surface area contributed by atoms with Crippen LogP contribution in [0.5, 0.6) is 6.01 Å². The molecule has 4 nitrogen and oxygen atoms in total. The summed E-state index contributed by atoms with van der Waals surface area (Å²) in [5, 5.41) is 0. The molecular formula is C8H10BrN3O. The fourth-order valence-electron chi connectivity index (χ4n) is 1.21. The first-order valence-electron chi connectivity index (χ1n) is 4.14. The van der Waals surface area contributed by atoms with E-state index in [-0.39, 0.29) is 6.10 Å². The lowest BCUT2D eigenvalue weighted by Crippen LogP contribution is -2.43. The Labute approximate surface area is 84.6 Å². The van der Waals surface area contributed by atoms with Gasteiger partial charge in [0.1, 0.15) is 6.10 Å². The van der Waals surface area contributed by atoms with Crippen molar-refractivity contribution in [2.75, 3.05) is 0 Å². The van der Waals surface area contributed by atoms with Crippen molar-refractivity contribution in [3.05, 3.63) is 16.9 Å². The van der Waals surface area contributed by atoms with Crippen LogP contribution in [-0.4, -0.2) is 22.1 Å². The Hall–Kier alpha value is -0.680. The van der Waals surface area contributed by atoms with Gasteiger partial charge in [0.15, 0.2) is 0 Å². The number of halogens is 1. The van der Waals surface area contributed by atoms with Gasteiger partial charge in [-0.1, -0.05) is 0 Å². The highest BCUT2D eigenvalue weighted by molar-refractivity contribution is 9.10. The van der Waals surface area contributed by atoms with E-state index in [2.05, 4.69) is 25.9 Å². The van der Waals surface area contributed by atoms with Gasteiger partial charge in [0.05, 0.1) is 4.47 Å². The van der Waals surface area contributed by atoms with E-state index in [0.29, 0.717) is 12.1 Å². The molecule has 0 bridgehead atoms. The van der Waals surface area contributed by atoms with Crippen LogP contribution in [0.2, 0.25) is 0 Å². The summed E-state index contributed by atoms with van der Waals surface area (Å²) in [6.45, 7) is 0. The predicted octanol–water partition coefficient (Wildman–Crippen LogP) is 1.11. The molecule has 5 heteroatoms. The molecule has 0 atom stereocenters. The third kappa shape index (κ3) is 2.16. The van der Waals surface area contributed by atoms with Crippen molar-refractivity contribution < 1.29 is 4.74 Å². The van der Waals surface area contributed by atoms with E-state index >= 15 is 0 Å². The largest absolute Gasteiger partial charge is 0.460 e. The van der Waals surface area contributed by atoms with Crippen molar-refractivity contribution in [3.8, 4) is 6.01 Å². The van der Waals surface area contributed by atoms with Gasteiger partial charge < -0.3 is 10.5 Å². The van der Waals surface area contributed by atoms with Crippen molar-refractivity contribution in [1.29, 1.82) is 0 Å². The number of ether oxygens (including phenoxy) is 1. The van der Waals surface area contributed by atoms with Crippen molar-refractivity contribution in [3.63, 3.8) is 0 Å². The molecule has 1 aromatic heterocycles. The SMILES string of the molecule is NC1CC(Oc2ncc(Br)cn2)C1. The first-order valence-corrected chi connectivity index (χ1v) is 4.93. The molecule has 13 heavy (non-hydrogen) atoms. The number of hydrogen-bond donors (Lipinski definition) is 1. The van der Waals surface area contributed by atoms with Crippen LogP contribution in [0, 0.1) is 0 Å². The molecule has 70 valence electrons. The maximum atomic E-state index is 5.62. The Morgan fingerprint density at radius 2 is 2.00 bits per heavy atom. The second-order valence-electron chi connectivity index (χ2n) is 3.16. The highest BCUT2D eigenvalue weighted by Gasteiger charge is 2.28. The van der Waals surface area contributed by atoms with Gasteiger partial charge in [0.25, 0.3) is 0 Å². The molecule has 1 aromatic rings. The van der Waals surface area contributed by atoms with Gasteiger partial charge in [-0.15, -0.1) is 0 Å². The van der Waals surface area contributed by atoms with E-state index in [1.165, 1.54) is 0 Å². The minimum atomic E-state index is 0.205. The smallest absolute Gasteiger partial charge is 0.316 e. The van der Waals surface area contributed by atoms with Crippen LogP contribution in [0.15, 0.2) is 16.9 Å². The predicted molar refractivity (Wildman–Crippen MR) is 51.4 cm³/mol. The summed E-state index contributed by atoms with van der Waals surface area (Å²) in [5.74, 6) is 0. The Morgan fingerprint density at radius 1 is 1.38 bits per heavy atom. The summed E-state index contributed by atoms with van der Waals surface area (Å²) in [6, 6.07) is 0.723. The maximum absolute atomic E-state index is 5.62. The normalized spacial score (nSPS) is 26.6. The van der Waals surface area contributed by atoms with Gasteiger partial charge in [-0.05, 0) is 28.8 Å². The molecule has 1 saturated carbocycles. The summed E-state index contributed by atoms with van der Waals surface area (Å²) >= 11 is 3.25. The van der Waals surface area contributed by atoms with Crippen molar-refractivity contribution in [2.45, 2.75) is 25.0 Å². The Balaban J connectivity index is 1.91. The van der Waals surface area contributed by atoms with Crippen LogP contribution < -0.4 is 10.5 Å². The summed E-state index contributed by atoms with van der Waals surface area (Å²) < 4.78 is 6.30. The number of rotatable bonds is 2. The lowest BCUT2D eigenvalue weighted by molar-refractivity contribution is 0.0903. The molecule has 0 saturated heterocycles. The van der Waals surface area contributed by atoms with Crippen molar-refractivity contribution >= 4 is 15.9 Å². The number of aromatic nitrogens is 2. The molecule has 2 rings (SSSR count). The van der Waals surface area contributed by atoms with Gasteiger partial charge in [0.2, 0.25) is 0 Å². The standard InChI is InChI=1S/C8H10BrN3O/c9-5-3-11-8(12-4-5)13-7-1-6(10)2-7/h3-4,6-7H,1-2,10H2. The molecule has 1 heterocycles. The third-order valence-electron chi connectivity index (χ3n) is 2.00. The van der Waals surface area contributed by atoms with Crippen LogP contribution in [0.25, 0.3) is 0 Å². The second-order valence-corrected chi connectivity index (χ2v) is 4.07. The summed E-state index contributed by atoms with van der Waals surface area (Å²) in [4.78, 5) is 8.01. The van der Waals surface area contributed by atoms with E-state index in [0.717, 1.165) is 17.3 Å². The molecule has 2 N–H and O–H groups in total. The van der Waals surface area contributed by atoms with Gasteiger partial charge in [0, 0.05) is 18.4 Å². The molecule has 0 unspecified atom stereocenters. The molecule has 0 spiro atoms. The number of nitrogens with two attached hydrogens (primary N) is 1. The monoisotopic (exact) mass is 243 g/mol. The highest BCUT2D eigenvalue weighted by Crippen LogP contribution is 2.22. The van der Waals surface area contributed by atoms with Crippen LogP contribution in [0.1, 0.15) is 12.8 Å². The van der Waals surface area contributed by atoms with Gasteiger partial charge in [-0.2, -0.15) is 0 Å². The average Bonchev–Trinajstić information content (AvgIpc) is 2.06. The maximum Gasteiger partial charge on any atom is 0.316 e. The first kappa shape index (κ1) is 8.90. The first-order chi connectivity index (χ1) is 6.24. The minimum Gasteiger partial charge on any atom is -0.460 e. The van der Waals surface area contributed by atoms with E-state index in [1.807, 2.05) is 0 Å². The number of nitrogens with zero attached hydrogens (tertiary/aromatic N) is 2. The third-order valence-corrected chi connectivity index (χ3v) is 2.41. The topological polar surface area (TPSA) is 61.0 Å². The van der Waals surface area contributed by atoms with E-state index in [9.17, 15) is 0 Å². The van der Waals surface area contributed by atoms with Crippen LogP contribution in [0.4, 0.5) is 0 Å². The average molecular weight is 244 g/mol. The fourth-order valence-corrected chi connectivity index (χ4v) is 1.42. The van der Waals surface area contributed by atoms with E-state index in [4.69, 9.17) is 10.5 Å². The van der Waals surface area contributed by atoms with E-state index in [1.54, 1.807) is 12.4 Å². The summed E-state index contributed by atoms with van der Waals surface area (Å²) in [7, 11) is 0. The quantitative estimate of drug-likeness (QED) is 0.846. The lowest BCUT2D eigenvalue weighted by atomic mass is 9.90. The Morgan fingerprint density at radius 3 is 2.54 bits per heavy atom. The summed E-state index contributed by atoms with van der Waals surface area (Å²) in [6.07, 6.45) is 5.34. The van der Waals surface area contributed by atoms with Crippen molar-refractivity contribution in [1.82, 2.24) is 9.97 Å². The van der Waals surface area contributed by atoms with Crippen LogP contribution >= 0.6 is 15.9 Å². The molecule has 0 aliphatic heterocycles. The molecule has 1 fully saturated rings. The Kier molecular flexibility index (Phi) is 2.46. The van der Waals surface area contributed by atoms with Gasteiger partial charge in [-0.3, -0.25) is 0 Å². The zero-order valence-corrected chi connectivity index (χ0v) is 8.57. The fraction of sp³-hybridized carbons (Fsp3) is 0.500. The summed E-state index contributed by atoms with van der Waals surface area (Å²) in [5.41, 5.74) is 5.62. The molecule has 0 radical (unpaired) electrons. The molecule has 0 amide bonds. The highest BCUT2D eigenvalue weighted by atomic mass is 79.9. The van der Waals surface area contributed by atoms with E-state index < -0.39 is 0 Å². The van der Waals surface area contributed by atoms with Crippen molar-refractivity contribution in [2.24, 2.45) is 5.73 Å². The van der Waals surface area contributed by atoms with Crippen LogP contribution in [0.3, 0.4) is 0 Å².